The smallest absolute Gasteiger partial charge is 0.0853 e. The van der Waals surface area contributed by atoms with Gasteiger partial charge in [0, 0.05) is 18.6 Å². The maximum absolute atomic E-state index is 9.10. The van der Waals surface area contributed by atoms with Crippen LogP contribution in [-0.2, 0) is 6.61 Å². The largest absolute Gasteiger partial charge is 0.390 e. The van der Waals surface area contributed by atoms with Crippen LogP contribution in [0.25, 0.3) is 16.8 Å². The van der Waals surface area contributed by atoms with Crippen LogP contribution in [0.4, 0.5) is 0 Å². The summed E-state index contributed by atoms with van der Waals surface area (Å²) >= 11 is 0. The van der Waals surface area contributed by atoms with Gasteiger partial charge in [0.05, 0.1) is 18.0 Å². The Morgan fingerprint density at radius 2 is 1.84 bits per heavy atom. The Hall–Kier alpha value is -2.46. The van der Waals surface area contributed by atoms with Crippen molar-refractivity contribution in [2.45, 2.75) is 6.61 Å². The molecule has 0 bridgehead atoms. The van der Waals surface area contributed by atoms with Crippen molar-refractivity contribution in [3.63, 3.8) is 0 Å². The number of rotatable bonds is 3. The molecule has 0 aliphatic heterocycles. The van der Waals surface area contributed by atoms with Gasteiger partial charge in [-0.25, -0.2) is 4.68 Å². The summed E-state index contributed by atoms with van der Waals surface area (Å²) in [6.45, 7) is -0.0424. The zero-order valence-corrected chi connectivity index (χ0v) is 10.3. The minimum Gasteiger partial charge on any atom is -0.390 e. The van der Waals surface area contributed by atoms with Gasteiger partial charge in [0.1, 0.15) is 0 Å². The standard InChI is InChI=1S/C15H13N3O/c19-11-14-10-13(6-8-16-14)12-2-4-15(5-3-12)18-9-1-7-17-18/h1-10,19H,11H2. The van der Waals surface area contributed by atoms with E-state index in [9.17, 15) is 0 Å². The van der Waals surface area contributed by atoms with Gasteiger partial charge >= 0.3 is 0 Å². The minimum absolute atomic E-state index is 0.0424. The molecule has 4 heteroatoms. The van der Waals surface area contributed by atoms with Crippen LogP contribution in [0.2, 0.25) is 0 Å². The number of hydrogen-bond acceptors (Lipinski definition) is 3. The molecular weight excluding hydrogens is 238 g/mol. The minimum atomic E-state index is -0.0424. The fourth-order valence-electron chi connectivity index (χ4n) is 1.97. The summed E-state index contributed by atoms with van der Waals surface area (Å²) in [6.07, 6.45) is 5.37. The van der Waals surface area contributed by atoms with Crippen molar-refractivity contribution in [3.05, 3.63) is 66.7 Å². The van der Waals surface area contributed by atoms with E-state index in [2.05, 4.69) is 10.1 Å². The average molecular weight is 251 g/mol. The zero-order valence-electron chi connectivity index (χ0n) is 10.3. The van der Waals surface area contributed by atoms with Gasteiger partial charge in [0.2, 0.25) is 0 Å². The lowest BCUT2D eigenvalue weighted by Gasteiger charge is -2.05. The molecule has 0 aliphatic rings. The first-order valence-electron chi connectivity index (χ1n) is 6.03. The molecule has 19 heavy (non-hydrogen) atoms. The fraction of sp³-hybridized carbons (Fsp3) is 0.0667. The van der Waals surface area contributed by atoms with Crippen molar-refractivity contribution < 1.29 is 5.11 Å². The lowest BCUT2D eigenvalue weighted by molar-refractivity contribution is 0.277. The number of benzene rings is 1. The van der Waals surface area contributed by atoms with Gasteiger partial charge in [0.25, 0.3) is 0 Å². The van der Waals surface area contributed by atoms with E-state index in [1.54, 1.807) is 12.4 Å². The normalized spacial score (nSPS) is 10.6. The van der Waals surface area contributed by atoms with Crippen LogP contribution < -0.4 is 0 Å². The molecule has 0 unspecified atom stereocenters. The average Bonchev–Trinajstić information content (AvgIpc) is 3.02. The molecule has 2 aromatic heterocycles. The highest BCUT2D eigenvalue weighted by Gasteiger charge is 2.01. The second kappa shape index (κ2) is 5.04. The molecule has 0 spiro atoms. The molecule has 3 aromatic rings. The van der Waals surface area contributed by atoms with E-state index in [4.69, 9.17) is 5.11 Å². The summed E-state index contributed by atoms with van der Waals surface area (Å²) in [5.74, 6) is 0. The molecule has 0 radical (unpaired) electrons. The van der Waals surface area contributed by atoms with E-state index in [-0.39, 0.29) is 6.61 Å². The Labute approximate surface area is 111 Å². The molecule has 2 heterocycles. The van der Waals surface area contributed by atoms with Gasteiger partial charge in [-0.15, -0.1) is 0 Å². The first-order valence-corrected chi connectivity index (χ1v) is 6.03. The fourth-order valence-corrected chi connectivity index (χ4v) is 1.97. The Morgan fingerprint density at radius 1 is 1.00 bits per heavy atom. The van der Waals surface area contributed by atoms with Crippen LogP contribution in [0.1, 0.15) is 5.69 Å². The Kier molecular flexibility index (Phi) is 3.08. The molecule has 0 saturated heterocycles. The second-order valence-corrected chi connectivity index (χ2v) is 4.19. The van der Waals surface area contributed by atoms with E-state index >= 15 is 0 Å². The third kappa shape index (κ3) is 2.39. The molecule has 0 atom stereocenters. The summed E-state index contributed by atoms with van der Waals surface area (Å²) in [5.41, 5.74) is 3.83. The molecular formula is C15H13N3O. The Bertz CT molecular complexity index is 660. The maximum atomic E-state index is 9.10. The first kappa shape index (κ1) is 11.6. The van der Waals surface area contributed by atoms with Gasteiger partial charge < -0.3 is 5.11 Å². The third-order valence-corrected chi connectivity index (χ3v) is 2.95. The number of pyridine rings is 1. The van der Waals surface area contributed by atoms with Crippen molar-refractivity contribution in [1.82, 2.24) is 14.8 Å². The number of hydrogen-bond donors (Lipinski definition) is 1. The van der Waals surface area contributed by atoms with Crippen LogP contribution in [0, 0.1) is 0 Å². The number of aliphatic hydroxyl groups is 1. The van der Waals surface area contributed by atoms with Gasteiger partial charge in [-0.3, -0.25) is 4.98 Å². The summed E-state index contributed by atoms with van der Waals surface area (Å²) in [6, 6.07) is 13.8. The summed E-state index contributed by atoms with van der Waals surface area (Å²) in [4.78, 5) is 4.08. The maximum Gasteiger partial charge on any atom is 0.0853 e. The van der Waals surface area contributed by atoms with Crippen LogP contribution in [0.5, 0.6) is 0 Å². The highest BCUT2D eigenvalue weighted by atomic mass is 16.3. The molecule has 4 nitrogen and oxygen atoms in total. The van der Waals surface area contributed by atoms with Gasteiger partial charge in [-0.05, 0) is 41.5 Å². The van der Waals surface area contributed by atoms with Crippen LogP contribution in [0.3, 0.4) is 0 Å². The first-order chi connectivity index (χ1) is 9.36. The van der Waals surface area contributed by atoms with Gasteiger partial charge in [-0.1, -0.05) is 12.1 Å². The topological polar surface area (TPSA) is 50.9 Å². The van der Waals surface area contributed by atoms with Crippen molar-refractivity contribution in [1.29, 1.82) is 0 Å². The zero-order chi connectivity index (χ0) is 13.1. The second-order valence-electron chi connectivity index (χ2n) is 4.19. The van der Waals surface area contributed by atoms with E-state index in [0.29, 0.717) is 5.69 Å². The Balaban J connectivity index is 1.94. The van der Waals surface area contributed by atoms with E-state index in [1.807, 2.05) is 53.3 Å². The van der Waals surface area contributed by atoms with E-state index in [1.165, 1.54) is 0 Å². The highest BCUT2D eigenvalue weighted by Crippen LogP contribution is 2.21. The third-order valence-electron chi connectivity index (χ3n) is 2.95. The van der Waals surface area contributed by atoms with Crippen LogP contribution in [-0.4, -0.2) is 19.9 Å². The predicted octanol–water partition coefficient (Wildman–Crippen LogP) is 2.43. The van der Waals surface area contributed by atoms with Crippen LogP contribution >= 0.6 is 0 Å². The molecule has 0 aliphatic carbocycles. The van der Waals surface area contributed by atoms with Crippen molar-refractivity contribution in [2.75, 3.05) is 0 Å². The van der Waals surface area contributed by atoms with Gasteiger partial charge in [0.15, 0.2) is 0 Å². The van der Waals surface area contributed by atoms with Crippen molar-refractivity contribution in [2.24, 2.45) is 0 Å². The summed E-state index contributed by atoms with van der Waals surface area (Å²) < 4.78 is 1.81. The van der Waals surface area contributed by atoms with Crippen molar-refractivity contribution >= 4 is 0 Å². The van der Waals surface area contributed by atoms with E-state index < -0.39 is 0 Å². The molecule has 94 valence electrons. The summed E-state index contributed by atoms with van der Waals surface area (Å²) in [5, 5.41) is 13.3. The molecule has 0 saturated carbocycles. The number of nitrogens with zero attached hydrogens (tertiary/aromatic N) is 3. The summed E-state index contributed by atoms with van der Waals surface area (Å²) in [7, 11) is 0. The van der Waals surface area contributed by atoms with E-state index in [0.717, 1.165) is 16.8 Å². The monoisotopic (exact) mass is 251 g/mol. The molecule has 1 N–H and O–H groups in total. The lowest BCUT2D eigenvalue weighted by atomic mass is 10.1. The predicted molar refractivity (Wildman–Crippen MR) is 72.7 cm³/mol. The molecule has 0 amide bonds. The molecule has 0 fully saturated rings. The number of aromatic nitrogens is 3. The Morgan fingerprint density at radius 3 is 2.53 bits per heavy atom. The highest BCUT2D eigenvalue weighted by molar-refractivity contribution is 5.64. The molecule has 3 rings (SSSR count). The lowest BCUT2D eigenvalue weighted by Crippen LogP contribution is -1.94. The quantitative estimate of drug-likeness (QED) is 0.777. The SMILES string of the molecule is OCc1cc(-c2ccc(-n3cccn3)cc2)ccn1. The van der Waals surface area contributed by atoms with Gasteiger partial charge in [-0.2, -0.15) is 5.10 Å². The number of aliphatic hydroxyl groups excluding tert-OH is 1. The van der Waals surface area contributed by atoms with Crippen molar-refractivity contribution in [3.8, 4) is 16.8 Å². The molecule has 1 aromatic carbocycles. The van der Waals surface area contributed by atoms with Crippen LogP contribution in [0.15, 0.2) is 61.1 Å².